The molecule has 11 heteroatoms. The second-order valence-electron chi connectivity index (χ2n) is 9.35. The Morgan fingerprint density at radius 3 is 2.42 bits per heavy atom. The third-order valence-electron chi connectivity index (χ3n) is 6.26. The molecule has 0 spiro atoms. The summed E-state index contributed by atoms with van der Waals surface area (Å²) >= 11 is 0. The van der Waals surface area contributed by atoms with Crippen molar-refractivity contribution in [2.75, 3.05) is 18.4 Å². The van der Waals surface area contributed by atoms with Crippen LogP contribution in [0.4, 0.5) is 5.69 Å². The van der Waals surface area contributed by atoms with Gasteiger partial charge in [-0.15, -0.1) is 0 Å². The minimum absolute atomic E-state index is 0.0676. The second kappa shape index (κ2) is 14.2. The number of ketones is 1. The Morgan fingerprint density at radius 1 is 1.08 bits per heavy atom. The summed E-state index contributed by atoms with van der Waals surface area (Å²) in [5.41, 5.74) is -0.644. The molecule has 1 unspecified atom stereocenters. The number of carbonyl (C=O) groups excluding carboxylic acids is 5. The lowest BCUT2D eigenvalue weighted by atomic mass is 9.83. The normalized spacial score (nSPS) is 18.0. The molecule has 1 aliphatic carbocycles. The van der Waals surface area contributed by atoms with Gasteiger partial charge >= 0.3 is 0 Å². The van der Waals surface area contributed by atoms with Crippen molar-refractivity contribution in [2.45, 2.75) is 71.9 Å². The first kappa shape index (κ1) is 28.7. The topological polar surface area (TPSA) is 155 Å². The molecule has 0 bridgehead atoms. The zero-order chi connectivity index (χ0) is 26.7. The maximum Gasteiger partial charge on any atom is 0.287 e. The molecule has 0 saturated heterocycles. The zero-order valence-corrected chi connectivity index (χ0v) is 21.2. The average molecular weight is 504 g/mol. The van der Waals surface area contributed by atoms with E-state index in [1.807, 2.05) is 0 Å². The van der Waals surface area contributed by atoms with Crippen LogP contribution >= 0.6 is 0 Å². The number of carbonyl (C=O) groups is 5. The summed E-state index contributed by atoms with van der Waals surface area (Å²) in [6, 6.07) is 1.79. The van der Waals surface area contributed by atoms with Gasteiger partial charge in [-0.25, -0.2) is 0 Å². The lowest BCUT2D eigenvalue weighted by Crippen LogP contribution is -2.44. The van der Waals surface area contributed by atoms with Crippen molar-refractivity contribution in [3.63, 3.8) is 0 Å². The molecular weight excluding hydrogens is 466 g/mol. The summed E-state index contributed by atoms with van der Waals surface area (Å²) in [5, 5.41) is 10.2. The van der Waals surface area contributed by atoms with E-state index in [1.54, 1.807) is 6.92 Å². The molecule has 198 valence electrons. The van der Waals surface area contributed by atoms with Gasteiger partial charge in [-0.3, -0.25) is 28.8 Å². The van der Waals surface area contributed by atoms with Crippen molar-refractivity contribution in [3.05, 3.63) is 28.7 Å². The molecule has 2 rings (SSSR count). The van der Waals surface area contributed by atoms with Gasteiger partial charge in [0.05, 0.1) is 0 Å². The van der Waals surface area contributed by atoms with Gasteiger partial charge in [0.1, 0.15) is 18.3 Å². The highest BCUT2D eigenvalue weighted by Gasteiger charge is 2.24. The molecule has 11 nitrogen and oxygen atoms in total. The minimum atomic E-state index is -1.13. The van der Waals surface area contributed by atoms with Gasteiger partial charge in [0.2, 0.25) is 23.5 Å². The third-order valence-corrected chi connectivity index (χ3v) is 6.26. The average Bonchev–Trinajstić information content (AvgIpc) is 2.83. The van der Waals surface area contributed by atoms with Gasteiger partial charge in [-0.05, 0) is 50.2 Å². The Labute approximate surface area is 210 Å². The molecule has 1 aliphatic rings. The van der Waals surface area contributed by atoms with Crippen LogP contribution in [0.3, 0.4) is 0 Å². The van der Waals surface area contributed by atoms with E-state index in [9.17, 15) is 28.8 Å². The first-order valence-electron chi connectivity index (χ1n) is 12.5. The van der Waals surface area contributed by atoms with Crippen LogP contribution < -0.4 is 26.8 Å². The monoisotopic (exact) mass is 503 g/mol. The van der Waals surface area contributed by atoms with Gasteiger partial charge < -0.3 is 25.8 Å². The molecular formula is C25H37N5O6. The van der Waals surface area contributed by atoms with Gasteiger partial charge in [0.25, 0.3) is 11.5 Å². The van der Waals surface area contributed by atoms with Crippen LogP contribution in [0, 0.1) is 11.8 Å². The molecule has 4 N–H and O–H groups in total. The second-order valence-corrected chi connectivity index (χ2v) is 9.35. The van der Waals surface area contributed by atoms with E-state index < -0.39 is 35.1 Å². The molecule has 4 amide bonds. The molecule has 1 fully saturated rings. The molecule has 0 aromatic carbocycles. The van der Waals surface area contributed by atoms with Crippen molar-refractivity contribution in [1.82, 2.24) is 20.5 Å². The van der Waals surface area contributed by atoms with Crippen molar-refractivity contribution in [2.24, 2.45) is 11.8 Å². The number of pyridine rings is 1. The summed E-state index contributed by atoms with van der Waals surface area (Å²) in [4.78, 5) is 73.1. The summed E-state index contributed by atoms with van der Waals surface area (Å²) in [6.07, 6.45) is 5.54. The van der Waals surface area contributed by atoms with Crippen LogP contribution in [0.15, 0.2) is 23.1 Å². The number of amides is 4. The number of hydrogen-bond acceptors (Lipinski definition) is 6. The third kappa shape index (κ3) is 9.27. The van der Waals surface area contributed by atoms with Crippen molar-refractivity contribution >= 4 is 35.1 Å². The first-order valence-corrected chi connectivity index (χ1v) is 12.5. The van der Waals surface area contributed by atoms with Crippen molar-refractivity contribution < 1.29 is 24.0 Å². The highest BCUT2D eigenvalue weighted by molar-refractivity contribution is 6.36. The van der Waals surface area contributed by atoms with Crippen LogP contribution in [-0.4, -0.2) is 53.1 Å². The van der Waals surface area contributed by atoms with Crippen LogP contribution in [0.2, 0.25) is 0 Å². The van der Waals surface area contributed by atoms with Crippen LogP contribution in [-0.2, 0) is 30.5 Å². The van der Waals surface area contributed by atoms with E-state index in [-0.39, 0.29) is 31.0 Å². The van der Waals surface area contributed by atoms with E-state index in [4.69, 9.17) is 0 Å². The predicted molar refractivity (Wildman–Crippen MR) is 134 cm³/mol. The van der Waals surface area contributed by atoms with E-state index in [1.165, 1.54) is 29.8 Å². The fraction of sp³-hybridized carbons (Fsp3) is 0.600. The number of anilines is 1. The Hall–Kier alpha value is -3.50. The van der Waals surface area contributed by atoms with Gasteiger partial charge in [0.15, 0.2) is 0 Å². The Bertz CT molecular complexity index is 1010. The molecule has 1 saturated carbocycles. The maximum atomic E-state index is 12.8. The minimum Gasteiger partial charge on any atom is -0.354 e. The largest absolute Gasteiger partial charge is 0.354 e. The van der Waals surface area contributed by atoms with Crippen LogP contribution in [0.1, 0.15) is 59.3 Å². The predicted octanol–water partition coefficient (Wildman–Crippen LogP) is 0.719. The molecule has 0 radical (unpaired) electrons. The molecule has 36 heavy (non-hydrogen) atoms. The standard InChI is InChI=1S/C25H37N5O6/c1-4-26-24(35)21(32)12-11-19(28-17(3)31)23(34)29-20-6-5-13-30(25(20)36)15-22(33)27-14-18-9-7-16(2)8-10-18/h5-6,13,16,18-19H,4,7-12,14-15H2,1-3H3,(H,26,35)(H,27,33)(H,28,31)(H,29,34). The number of nitrogens with zero attached hydrogens (tertiary/aromatic N) is 1. The summed E-state index contributed by atoms with van der Waals surface area (Å²) in [6.45, 7) is 5.79. The summed E-state index contributed by atoms with van der Waals surface area (Å²) in [7, 11) is 0. The number of nitrogens with one attached hydrogen (secondary N) is 4. The summed E-state index contributed by atoms with van der Waals surface area (Å²) in [5.74, 6) is -1.82. The number of rotatable bonds is 12. The first-order chi connectivity index (χ1) is 17.1. The highest BCUT2D eigenvalue weighted by atomic mass is 16.2. The van der Waals surface area contributed by atoms with Crippen molar-refractivity contribution in [3.8, 4) is 0 Å². The van der Waals surface area contributed by atoms with Gasteiger partial charge in [-0.2, -0.15) is 0 Å². The molecule has 1 atom stereocenters. The number of aromatic nitrogens is 1. The Balaban J connectivity index is 1.98. The molecule has 0 aliphatic heterocycles. The van der Waals surface area contributed by atoms with Gasteiger partial charge in [0, 0.05) is 32.6 Å². The number of Topliss-reactive ketones (excluding diaryl/α,β-unsaturated/α-hetero) is 1. The number of hydrogen-bond donors (Lipinski definition) is 4. The molecule has 1 aromatic heterocycles. The Kier molecular flexibility index (Phi) is 11.3. The fourth-order valence-corrected chi connectivity index (χ4v) is 4.14. The fourth-order valence-electron chi connectivity index (χ4n) is 4.14. The smallest absolute Gasteiger partial charge is 0.287 e. The quantitative estimate of drug-likeness (QED) is 0.308. The van der Waals surface area contributed by atoms with Crippen LogP contribution in [0.5, 0.6) is 0 Å². The van der Waals surface area contributed by atoms with E-state index in [2.05, 4.69) is 28.2 Å². The van der Waals surface area contributed by atoms with Crippen molar-refractivity contribution in [1.29, 1.82) is 0 Å². The SMILES string of the molecule is CCNC(=O)C(=O)CCC(NC(C)=O)C(=O)Nc1cccn(CC(=O)NCC2CCC(C)CC2)c1=O. The maximum absolute atomic E-state index is 12.8. The highest BCUT2D eigenvalue weighted by Crippen LogP contribution is 2.27. The zero-order valence-electron chi connectivity index (χ0n) is 21.2. The summed E-state index contributed by atoms with van der Waals surface area (Å²) < 4.78 is 1.19. The molecule has 1 aromatic rings. The molecule has 1 heterocycles. The van der Waals surface area contributed by atoms with E-state index in [0.29, 0.717) is 19.0 Å². The van der Waals surface area contributed by atoms with Crippen LogP contribution in [0.25, 0.3) is 0 Å². The number of likely N-dealkylation sites (N-methyl/N-ethyl adjacent to an activating group) is 1. The van der Waals surface area contributed by atoms with E-state index in [0.717, 1.165) is 31.6 Å². The Morgan fingerprint density at radius 2 is 1.78 bits per heavy atom. The lowest BCUT2D eigenvalue weighted by Gasteiger charge is -2.26. The lowest BCUT2D eigenvalue weighted by molar-refractivity contribution is -0.138. The van der Waals surface area contributed by atoms with E-state index >= 15 is 0 Å². The van der Waals surface area contributed by atoms with Gasteiger partial charge in [-0.1, -0.05) is 19.8 Å².